The van der Waals surface area contributed by atoms with Crippen molar-refractivity contribution in [2.75, 3.05) is 0 Å². The van der Waals surface area contributed by atoms with Gasteiger partial charge in [0.2, 0.25) is 5.91 Å². The summed E-state index contributed by atoms with van der Waals surface area (Å²) in [5.41, 5.74) is 1.34. The Hall–Kier alpha value is -1.31. The van der Waals surface area contributed by atoms with Crippen LogP contribution in [0.1, 0.15) is 38.2 Å². The molecular formula is C14H18NO. The summed E-state index contributed by atoms with van der Waals surface area (Å²) in [5, 5.41) is 3.08. The van der Waals surface area contributed by atoms with E-state index in [1.165, 1.54) is 5.56 Å². The Balaban J connectivity index is 1.86. The van der Waals surface area contributed by atoms with Crippen molar-refractivity contribution >= 4 is 5.91 Å². The summed E-state index contributed by atoms with van der Waals surface area (Å²) < 4.78 is 0. The first-order chi connectivity index (χ1) is 7.72. The Kier molecular flexibility index (Phi) is 3.28. The lowest BCUT2D eigenvalue weighted by atomic mass is 10.1. The minimum Gasteiger partial charge on any atom is -0.352 e. The molecule has 1 fully saturated rings. The third-order valence-electron chi connectivity index (χ3n) is 3.25. The fourth-order valence-electron chi connectivity index (χ4n) is 1.88. The molecule has 0 saturated heterocycles. The molecule has 85 valence electrons. The topological polar surface area (TPSA) is 29.1 Å². The number of rotatable bonds is 4. The second-order valence-corrected chi connectivity index (χ2v) is 4.47. The number of carbonyl (C=O) groups is 1. The van der Waals surface area contributed by atoms with Crippen molar-refractivity contribution in [2.45, 2.75) is 38.6 Å². The molecule has 16 heavy (non-hydrogen) atoms. The van der Waals surface area contributed by atoms with Crippen molar-refractivity contribution < 1.29 is 4.79 Å². The number of nitrogens with one attached hydrogen (secondary N) is 1. The molecule has 1 aliphatic rings. The molecule has 1 saturated carbocycles. The molecule has 1 aliphatic carbocycles. The second-order valence-electron chi connectivity index (χ2n) is 4.47. The molecule has 2 rings (SSSR count). The lowest BCUT2D eigenvalue weighted by Crippen LogP contribution is -2.30. The van der Waals surface area contributed by atoms with E-state index < -0.39 is 0 Å². The molecule has 0 bridgehead atoms. The Bertz CT molecular complexity index is 360. The van der Waals surface area contributed by atoms with E-state index in [0.29, 0.717) is 12.0 Å². The molecule has 1 amide bonds. The van der Waals surface area contributed by atoms with E-state index in [1.54, 1.807) is 0 Å². The molecule has 1 N–H and O–H groups in total. The maximum atomic E-state index is 11.7. The van der Waals surface area contributed by atoms with Crippen LogP contribution in [0.2, 0.25) is 0 Å². The number of benzene rings is 1. The highest BCUT2D eigenvalue weighted by Gasteiger charge is 2.39. The first-order valence-corrected chi connectivity index (χ1v) is 5.90. The van der Waals surface area contributed by atoms with Crippen LogP contribution in [-0.4, -0.2) is 11.9 Å². The van der Waals surface area contributed by atoms with Gasteiger partial charge < -0.3 is 5.32 Å². The minimum atomic E-state index is 0.117. The zero-order valence-electron chi connectivity index (χ0n) is 9.86. The number of amides is 1. The molecule has 1 radical (unpaired) electrons. The zero-order valence-corrected chi connectivity index (χ0v) is 9.86. The molecule has 0 heterocycles. The van der Waals surface area contributed by atoms with Crippen LogP contribution in [0.15, 0.2) is 30.3 Å². The van der Waals surface area contributed by atoms with Crippen molar-refractivity contribution in [2.24, 2.45) is 0 Å². The average Bonchev–Trinajstić information content (AvgIpc) is 3.08. The van der Waals surface area contributed by atoms with Gasteiger partial charge in [-0.2, -0.15) is 0 Å². The Morgan fingerprint density at radius 3 is 2.69 bits per heavy atom. The van der Waals surface area contributed by atoms with Gasteiger partial charge in [0.1, 0.15) is 0 Å². The number of hydrogen-bond donors (Lipinski definition) is 1. The molecule has 0 aromatic heterocycles. The highest BCUT2D eigenvalue weighted by atomic mass is 16.1. The standard InChI is InChI=1S/C14H18NO/c1-3-10(2)14(16)15-13-9-12(13)11-7-5-4-6-8-11/h4-8,12-13H,3,9H2,1-2H3,(H,15,16)/t12-,13-/m0/s1. The first kappa shape index (κ1) is 11.2. The SMILES string of the molecule is CC[C](C)C(=O)N[C@H]1C[C@H]1c1ccccc1. The zero-order chi connectivity index (χ0) is 11.5. The van der Waals surface area contributed by atoms with Crippen molar-refractivity contribution in [3.05, 3.63) is 41.8 Å². The molecule has 2 heteroatoms. The highest BCUT2D eigenvalue weighted by Crippen LogP contribution is 2.40. The molecule has 1 aromatic rings. The molecular weight excluding hydrogens is 198 g/mol. The van der Waals surface area contributed by atoms with Gasteiger partial charge in [-0.15, -0.1) is 0 Å². The van der Waals surface area contributed by atoms with Crippen molar-refractivity contribution in [1.29, 1.82) is 0 Å². The van der Waals surface area contributed by atoms with Gasteiger partial charge in [0.25, 0.3) is 0 Å². The van der Waals surface area contributed by atoms with E-state index in [4.69, 9.17) is 0 Å². The summed E-state index contributed by atoms with van der Waals surface area (Å²) in [6.45, 7) is 3.91. The van der Waals surface area contributed by atoms with Gasteiger partial charge in [-0.25, -0.2) is 0 Å². The van der Waals surface area contributed by atoms with Crippen LogP contribution < -0.4 is 5.32 Å². The summed E-state index contributed by atoms with van der Waals surface area (Å²) in [6, 6.07) is 10.7. The number of carbonyl (C=O) groups excluding carboxylic acids is 1. The predicted octanol–water partition coefficient (Wildman–Crippen LogP) is 2.66. The quantitative estimate of drug-likeness (QED) is 0.823. The first-order valence-electron chi connectivity index (χ1n) is 5.90. The van der Waals surface area contributed by atoms with Crippen LogP contribution in [0.4, 0.5) is 0 Å². The Morgan fingerprint density at radius 2 is 2.06 bits per heavy atom. The smallest absolute Gasteiger partial charge is 0.227 e. The molecule has 1 aromatic carbocycles. The van der Waals surface area contributed by atoms with Gasteiger partial charge in [0.15, 0.2) is 0 Å². The predicted molar refractivity (Wildman–Crippen MR) is 64.9 cm³/mol. The summed E-state index contributed by atoms with van der Waals surface area (Å²) in [5.74, 6) is 1.56. The van der Waals surface area contributed by atoms with E-state index in [1.807, 2.05) is 19.9 Å². The van der Waals surface area contributed by atoms with Gasteiger partial charge in [-0.1, -0.05) is 37.3 Å². The van der Waals surface area contributed by atoms with Crippen LogP contribution >= 0.6 is 0 Å². The summed E-state index contributed by atoms with van der Waals surface area (Å²) in [7, 11) is 0. The van der Waals surface area contributed by atoms with E-state index in [9.17, 15) is 4.79 Å². The molecule has 0 aliphatic heterocycles. The van der Waals surface area contributed by atoms with E-state index in [-0.39, 0.29) is 5.91 Å². The number of hydrogen-bond acceptors (Lipinski definition) is 1. The monoisotopic (exact) mass is 216 g/mol. The van der Waals surface area contributed by atoms with Gasteiger partial charge in [0, 0.05) is 12.0 Å². The van der Waals surface area contributed by atoms with Gasteiger partial charge >= 0.3 is 0 Å². The maximum absolute atomic E-state index is 11.7. The largest absolute Gasteiger partial charge is 0.352 e. The van der Waals surface area contributed by atoms with Crippen LogP contribution in [0, 0.1) is 5.92 Å². The van der Waals surface area contributed by atoms with Crippen LogP contribution in [0.25, 0.3) is 0 Å². The lowest BCUT2D eigenvalue weighted by Gasteiger charge is -2.08. The molecule has 2 nitrogen and oxygen atoms in total. The lowest BCUT2D eigenvalue weighted by molar-refractivity contribution is -0.119. The van der Waals surface area contributed by atoms with Crippen LogP contribution in [0.3, 0.4) is 0 Å². The van der Waals surface area contributed by atoms with Crippen LogP contribution in [0.5, 0.6) is 0 Å². The van der Waals surface area contributed by atoms with Crippen molar-refractivity contribution in [3.63, 3.8) is 0 Å². The molecule has 0 unspecified atom stereocenters. The molecule has 2 atom stereocenters. The van der Waals surface area contributed by atoms with Gasteiger partial charge in [-0.05, 0) is 25.3 Å². The third kappa shape index (κ3) is 2.43. The van der Waals surface area contributed by atoms with Crippen LogP contribution in [-0.2, 0) is 4.79 Å². The maximum Gasteiger partial charge on any atom is 0.227 e. The minimum absolute atomic E-state index is 0.117. The fourth-order valence-corrected chi connectivity index (χ4v) is 1.88. The van der Waals surface area contributed by atoms with E-state index >= 15 is 0 Å². The van der Waals surface area contributed by atoms with Crippen molar-refractivity contribution in [3.8, 4) is 0 Å². The fraction of sp³-hybridized carbons (Fsp3) is 0.429. The van der Waals surface area contributed by atoms with Gasteiger partial charge in [-0.3, -0.25) is 4.79 Å². The summed E-state index contributed by atoms with van der Waals surface area (Å²) >= 11 is 0. The normalized spacial score (nSPS) is 23.2. The second kappa shape index (κ2) is 4.69. The average molecular weight is 216 g/mol. The molecule has 0 spiro atoms. The van der Waals surface area contributed by atoms with E-state index in [2.05, 4.69) is 29.6 Å². The van der Waals surface area contributed by atoms with Gasteiger partial charge in [0.05, 0.1) is 5.92 Å². The highest BCUT2D eigenvalue weighted by molar-refractivity contribution is 5.89. The third-order valence-corrected chi connectivity index (χ3v) is 3.25. The van der Waals surface area contributed by atoms with Crippen molar-refractivity contribution in [1.82, 2.24) is 5.32 Å². The Labute approximate surface area is 97.1 Å². The van der Waals surface area contributed by atoms with E-state index in [0.717, 1.165) is 18.8 Å². The Morgan fingerprint density at radius 1 is 1.38 bits per heavy atom. The summed E-state index contributed by atoms with van der Waals surface area (Å²) in [4.78, 5) is 11.7. The summed E-state index contributed by atoms with van der Waals surface area (Å²) in [6.07, 6.45) is 1.90.